The van der Waals surface area contributed by atoms with Crippen molar-refractivity contribution < 1.29 is 9.90 Å². The van der Waals surface area contributed by atoms with E-state index in [1.807, 2.05) is 0 Å². The van der Waals surface area contributed by atoms with E-state index in [4.69, 9.17) is 4.99 Å². The number of hydrogen-bond acceptors (Lipinski definition) is 5. The fraction of sp³-hybridized carbons (Fsp3) is 0.935. The molecule has 1 aliphatic heterocycles. The Balaban J connectivity index is 1.36. The van der Waals surface area contributed by atoms with Gasteiger partial charge in [-0.15, -0.1) is 0 Å². The van der Waals surface area contributed by atoms with Gasteiger partial charge in [0, 0.05) is 41.7 Å². The zero-order chi connectivity index (χ0) is 26.1. The lowest BCUT2D eigenvalue weighted by molar-refractivity contribution is -0.169. The molecule has 5 nitrogen and oxygen atoms in total. The smallest absolute Gasteiger partial charge is 0.140 e. The first-order valence-electron chi connectivity index (χ1n) is 15.0. The van der Waals surface area contributed by atoms with E-state index in [2.05, 4.69) is 65.9 Å². The second kappa shape index (κ2) is 7.58. The van der Waals surface area contributed by atoms with Gasteiger partial charge in [0.05, 0.1) is 18.0 Å². The van der Waals surface area contributed by atoms with Gasteiger partial charge in [-0.1, -0.05) is 34.6 Å². The summed E-state index contributed by atoms with van der Waals surface area (Å²) in [6, 6.07) is 0.657. The van der Waals surface area contributed by atoms with Gasteiger partial charge in [-0.05, 0) is 94.0 Å². The van der Waals surface area contributed by atoms with Crippen LogP contribution in [0.2, 0.25) is 0 Å². The minimum absolute atomic E-state index is 0.0220. The molecule has 5 fully saturated rings. The molecule has 0 aromatic heterocycles. The first kappa shape index (κ1) is 25.3. The third-order valence-electron chi connectivity index (χ3n) is 14.0. The zero-order valence-corrected chi connectivity index (χ0v) is 24.2. The molecule has 0 saturated heterocycles. The lowest BCUT2D eigenvalue weighted by Crippen LogP contribution is -2.64. The van der Waals surface area contributed by atoms with Crippen LogP contribution in [0.1, 0.15) is 92.9 Å². The molecule has 1 unspecified atom stereocenters. The Morgan fingerprint density at radius 3 is 2.47 bits per heavy atom. The van der Waals surface area contributed by atoms with Crippen molar-refractivity contribution in [1.82, 2.24) is 10.2 Å². The Bertz CT molecular complexity index is 994. The van der Waals surface area contributed by atoms with Gasteiger partial charge >= 0.3 is 0 Å². The molecule has 36 heavy (non-hydrogen) atoms. The molecule has 202 valence electrons. The highest BCUT2D eigenvalue weighted by Gasteiger charge is 2.86. The predicted molar refractivity (Wildman–Crippen MR) is 145 cm³/mol. The van der Waals surface area contributed by atoms with Crippen molar-refractivity contribution in [1.29, 1.82) is 0 Å². The van der Waals surface area contributed by atoms with Crippen LogP contribution in [-0.2, 0) is 4.79 Å². The van der Waals surface area contributed by atoms with Gasteiger partial charge in [0.15, 0.2) is 0 Å². The van der Waals surface area contributed by atoms with Crippen LogP contribution in [0, 0.1) is 50.7 Å². The molecular weight excluding hydrogens is 446 g/mol. The molecule has 5 heteroatoms. The second-order valence-corrected chi connectivity index (χ2v) is 15.2. The molecule has 1 heterocycles. The second-order valence-electron chi connectivity index (χ2n) is 15.2. The van der Waals surface area contributed by atoms with E-state index in [0.29, 0.717) is 36.0 Å². The lowest BCUT2D eigenvalue weighted by Gasteiger charge is -2.63. The summed E-state index contributed by atoms with van der Waals surface area (Å²) in [4.78, 5) is 22.1. The molecule has 0 amide bonds. The van der Waals surface area contributed by atoms with Crippen molar-refractivity contribution in [2.75, 3.05) is 20.6 Å². The van der Waals surface area contributed by atoms with Crippen molar-refractivity contribution in [3.63, 3.8) is 0 Å². The number of nitrogens with one attached hydrogen (secondary N) is 1. The molecule has 5 aliphatic carbocycles. The molecular formula is C31H51N3O2. The third kappa shape index (κ3) is 2.71. The zero-order valence-electron chi connectivity index (χ0n) is 24.2. The minimum Gasteiger partial charge on any atom is -0.393 e. The van der Waals surface area contributed by atoms with Gasteiger partial charge in [0.25, 0.3) is 0 Å². The maximum Gasteiger partial charge on any atom is 0.140 e. The van der Waals surface area contributed by atoms with E-state index in [9.17, 15) is 9.90 Å². The first-order valence-corrected chi connectivity index (χ1v) is 15.0. The Kier molecular flexibility index (Phi) is 5.34. The highest BCUT2D eigenvalue weighted by atomic mass is 16.3. The highest BCUT2D eigenvalue weighted by molar-refractivity contribution is 5.92. The number of carbonyl (C=O) groups is 1. The van der Waals surface area contributed by atoms with Crippen molar-refractivity contribution >= 4 is 11.6 Å². The molecule has 6 rings (SSSR count). The van der Waals surface area contributed by atoms with Crippen molar-refractivity contribution in [2.24, 2.45) is 55.7 Å². The van der Waals surface area contributed by atoms with Gasteiger partial charge in [-0.25, -0.2) is 0 Å². The highest BCUT2D eigenvalue weighted by Crippen LogP contribution is 2.88. The van der Waals surface area contributed by atoms with Crippen LogP contribution < -0.4 is 5.32 Å². The van der Waals surface area contributed by atoms with Crippen molar-refractivity contribution in [2.45, 2.75) is 111 Å². The summed E-state index contributed by atoms with van der Waals surface area (Å²) in [5, 5.41) is 15.3. The van der Waals surface area contributed by atoms with Crippen LogP contribution in [0.25, 0.3) is 0 Å². The van der Waals surface area contributed by atoms with Crippen LogP contribution in [-0.4, -0.2) is 60.5 Å². The SMILES string of the molecule is CCC(C)C1=N[C@H]2CC[C@]34C[C@]35C(=O)C[C@]3(C)[C@@H]([C@H](C)N(C)C)[C@H](O)C[C@@]3(C)[C@@H]5CC[C@H]4[C@]2(C)CN1. The Hall–Kier alpha value is -0.940. The van der Waals surface area contributed by atoms with Crippen molar-refractivity contribution in [3.05, 3.63) is 0 Å². The van der Waals surface area contributed by atoms with Crippen LogP contribution in [0.4, 0.5) is 0 Å². The first-order chi connectivity index (χ1) is 16.8. The molecule has 0 aromatic rings. The van der Waals surface area contributed by atoms with Crippen LogP contribution in [0.3, 0.4) is 0 Å². The number of hydrogen-bond donors (Lipinski definition) is 2. The van der Waals surface area contributed by atoms with Crippen LogP contribution in [0.15, 0.2) is 4.99 Å². The molecule has 0 aromatic carbocycles. The predicted octanol–water partition coefficient (Wildman–Crippen LogP) is 4.92. The van der Waals surface area contributed by atoms with E-state index in [0.717, 1.165) is 38.6 Å². The van der Waals surface area contributed by atoms with E-state index < -0.39 is 0 Å². The standard InChI is InChI=1S/C31H51N3O2/c1-9-18(2)26-32-17-27(4)21-10-11-22-28(5)14-20(35)25(19(3)34(7)8)29(28,6)15-24(36)31(22)16-30(21,31)13-12-23(27)33-26/h18-23,25,35H,9-17H2,1-8H3,(H,32,33)/t18?,19-,20+,21-,22-,23-,25-,27-,28-,29+,30+,31-/m0/s1. The van der Waals surface area contributed by atoms with Gasteiger partial charge in [-0.3, -0.25) is 9.79 Å². The summed E-state index contributed by atoms with van der Waals surface area (Å²) >= 11 is 0. The Labute approximate surface area is 219 Å². The summed E-state index contributed by atoms with van der Waals surface area (Å²) in [7, 11) is 4.24. The van der Waals surface area contributed by atoms with Crippen LogP contribution >= 0.6 is 0 Å². The average molecular weight is 498 g/mol. The van der Waals surface area contributed by atoms with Gasteiger partial charge < -0.3 is 15.3 Å². The normalized spacial score (nSPS) is 54.8. The topological polar surface area (TPSA) is 64.9 Å². The maximum atomic E-state index is 14.5. The fourth-order valence-electron chi connectivity index (χ4n) is 11.6. The fourth-order valence-corrected chi connectivity index (χ4v) is 11.6. The number of aliphatic hydroxyl groups is 1. The minimum atomic E-state index is -0.322. The number of ketones is 1. The van der Waals surface area contributed by atoms with Crippen molar-refractivity contribution in [3.8, 4) is 0 Å². The van der Waals surface area contributed by atoms with Gasteiger partial charge in [-0.2, -0.15) is 0 Å². The number of Topliss-reactive ketones (excluding diaryl/α,β-unsaturated/α-hetero) is 1. The summed E-state index contributed by atoms with van der Waals surface area (Å²) < 4.78 is 0. The molecule has 5 saturated carbocycles. The summed E-state index contributed by atoms with van der Waals surface area (Å²) in [5.74, 6) is 3.41. The van der Waals surface area contributed by atoms with E-state index >= 15 is 0 Å². The molecule has 0 bridgehead atoms. The summed E-state index contributed by atoms with van der Waals surface area (Å²) in [5.41, 5.74) is 0.0539. The molecule has 2 spiro atoms. The maximum absolute atomic E-state index is 14.5. The van der Waals surface area contributed by atoms with Gasteiger partial charge in [0.1, 0.15) is 5.78 Å². The quantitative estimate of drug-likeness (QED) is 0.579. The summed E-state index contributed by atoms with van der Waals surface area (Å²) in [6.45, 7) is 15.1. The number of carbonyl (C=O) groups excluding carboxylic acids is 1. The Morgan fingerprint density at radius 2 is 1.81 bits per heavy atom. The lowest BCUT2D eigenvalue weighted by atomic mass is 9.41. The molecule has 6 aliphatic rings. The number of aliphatic hydroxyl groups excluding tert-OH is 1. The monoisotopic (exact) mass is 497 g/mol. The van der Waals surface area contributed by atoms with E-state index in [-0.39, 0.29) is 45.1 Å². The largest absolute Gasteiger partial charge is 0.393 e. The van der Waals surface area contributed by atoms with E-state index in [1.54, 1.807) is 0 Å². The number of rotatable bonds is 4. The number of nitrogens with zero attached hydrogens (tertiary/aromatic N) is 2. The summed E-state index contributed by atoms with van der Waals surface area (Å²) in [6.07, 6.45) is 8.09. The number of amidine groups is 1. The third-order valence-corrected chi connectivity index (χ3v) is 14.0. The number of fused-ring (bicyclic) bond motifs is 4. The van der Waals surface area contributed by atoms with Crippen LogP contribution in [0.5, 0.6) is 0 Å². The molecule has 2 N–H and O–H groups in total. The average Bonchev–Trinajstić information content (AvgIpc) is 3.46. The molecule has 0 radical (unpaired) electrons. The van der Waals surface area contributed by atoms with E-state index in [1.165, 1.54) is 18.7 Å². The van der Waals surface area contributed by atoms with Gasteiger partial charge in [0.2, 0.25) is 0 Å². The Morgan fingerprint density at radius 1 is 1.11 bits per heavy atom. The molecule has 12 atom stereocenters. The number of aliphatic imine (C=N–C) groups is 1.